The molecule has 0 aliphatic heterocycles. The highest BCUT2D eigenvalue weighted by Gasteiger charge is 2.10. The largest absolute Gasteiger partial charge is 0.337 e. The molecule has 2 aromatic rings. The average molecular weight is 312 g/mol. The molecule has 1 atom stereocenters. The van der Waals surface area contributed by atoms with E-state index in [9.17, 15) is 4.39 Å². The summed E-state index contributed by atoms with van der Waals surface area (Å²) in [6.45, 7) is 2.72. The van der Waals surface area contributed by atoms with Crippen LogP contribution in [-0.2, 0) is 13.6 Å². The van der Waals surface area contributed by atoms with Gasteiger partial charge in [-0.25, -0.2) is 9.37 Å². The number of rotatable bonds is 4. The van der Waals surface area contributed by atoms with Crippen LogP contribution in [0.4, 0.5) is 4.39 Å². The van der Waals surface area contributed by atoms with E-state index in [1.807, 2.05) is 24.7 Å². The van der Waals surface area contributed by atoms with Crippen LogP contribution in [0, 0.1) is 5.82 Å². The van der Waals surface area contributed by atoms with Crippen LogP contribution in [0.5, 0.6) is 0 Å². The van der Waals surface area contributed by atoms with Crippen molar-refractivity contribution in [2.45, 2.75) is 19.5 Å². The number of imidazole rings is 1. The molecule has 0 spiro atoms. The van der Waals surface area contributed by atoms with Gasteiger partial charge in [0.2, 0.25) is 0 Å². The van der Waals surface area contributed by atoms with Crippen molar-refractivity contribution in [3.63, 3.8) is 0 Å². The van der Waals surface area contributed by atoms with Crippen LogP contribution in [0.15, 0.2) is 35.1 Å². The number of hydrogen-bond donors (Lipinski definition) is 1. The topological polar surface area (TPSA) is 29.9 Å². The second-order valence-corrected chi connectivity index (χ2v) is 5.08. The van der Waals surface area contributed by atoms with Gasteiger partial charge >= 0.3 is 0 Å². The Morgan fingerprint density at radius 3 is 2.89 bits per heavy atom. The number of benzene rings is 1. The summed E-state index contributed by atoms with van der Waals surface area (Å²) in [6.07, 6.45) is 3.69. The van der Waals surface area contributed by atoms with Gasteiger partial charge in [0.25, 0.3) is 0 Å². The Hall–Kier alpha value is -1.20. The molecule has 5 heteroatoms. The summed E-state index contributed by atoms with van der Waals surface area (Å²) in [5.41, 5.74) is 1.03. The maximum Gasteiger partial charge on any atom is 0.124 e. The van der Waals surface area contributed by atoms with Crippen LogP contribution in [-0.4, -0.2) is 9.55 Å². The van der Waals surface area contributed by atoms with E-state index < -0.39 is 0 Å². The van der Waals surface area contributed by atoms with Crippen molar-refractivity contribution in [3.8, 4) is 0 Å². The lowest BCUT2D eigenvalue weighted by Gasteiger charge is -2.15. The molecule has 18 heavy (non-hydrogen) atoms. The second-order valence-electron chi connectivity index (χ2n) is 4.22. The molecule has 0 radical (unpaired) electrons. The predicted octanol–water partition coefficient (Wildman–Crippen LogP) is 3.17. The summed E-state index contributed by atoms with van der Waals surface area (Å²) in [5.74, 6) is 0.738. The van der Waals surface area contributed by atoms with Gasteiger partial charge in [0.1, 0.15) is 11.6 Å². The molecular weight excluding hydrogens is 297 g/mol. The molecule has 96 valence electrons. The molecule has 0 amide bonds. The Bertz CT molecular complexity index is 539. The van der Waals surface area contributed by atoms with Gasteiger partial charge in [0.05, 0.1) is 6.54 Å². The molecule has 0 fully saturated rings. The Balaban J connectivity index is 2.03. The maximum atomic E-state index is 13.0. The molecule has 1 heterocycles. The summed E-state index contributed by atoms with van der Waals surface area (Å²) >= 11 is 3.38. The van der Waals surface area contributed by atoms with Gasteiger partial charge in [-0.2, -0.15) is 0 Å². The zero-order chi connectivity index (χ0) is 13.1. The van der Waals surface area contributed by atoms with Crippen molar-refractivity contribution in [3.05, 3.63) is 52.3 Å². The van der Waals surface area contributed by atoms with Crippen molar-refractivity contribution in [1.29, 1.82) is 0 Å². The van der Waals surface area contributed by atoms with E-state index in [-0.39, 0.29) is 11.9 Å². The van der Waals surface area contributed by atoms with Gasteiger partial charge in [0.15, 0.2) is 0 Å². The zero-order valence-corrected chi connectivity index (χ0v) is 11.9. The van der Waals surface area contributed by atoms with E-state index >= 15 is 0 Å². The molecule has 0 aliphatic rings. The molecule has 2 rings (SSSR count). The van der Waals surface area contributed by atoms with Crippen molar-refractivity contribution >= 4 is 15.9 Å². The number of nitrogens with zero attached hydrogens (tertiary/aromatic N) is 2. The number of aromatic nitrogens is 2. The Kier molecular flexibility index (Phi) is 4.14. The highest BCUT2D eigenvalue weighted by Crippen LogP contribution is 2.24. The van der Waals surface area contributed by atoms with Crippen molar-refractivity contribution < 1.29 is 4.39 Å². The Labute approximate surface area is 114 Å². The lowest BCUT2D eigenvalue weighted by atomic mass is 10.1. The summed E-state index contributed by atoms with van der Waals surface area (Å²) < 4.78 is 15.8. The number of nitrogens with one attached hydrogen (secondary N) is 1. The normalized spacial score (nSPS) is 12.7. The first-order chi connectivity index (χ1) is 8.58. The monoisotopic (exact) mass is 311 g/mol. The SMILES string of the molecule is CC(NCc1nccn1C)c1ccc(F)cc1Br. The van der Waals surface area contributed by atoms with E-state index in [1.54, 1.807) is 12.3 Å². The van der Waals surface area contributed by atoms with Crippen molar-refractivity contribution in [1.82, 2.24) is 14.9 Å². The zero-order valence-electron chi connectivity index (χ0n) is 10.3. The lowest BCUT2D eigenvalue weighted by molar-refractivity contribution is 0.545. The fraction of sp³-hybridized carbons (Fsp3) is 0.308. The van der Waals surface area contributed by atoms with Gasteiger partial charge in [-0.1, -0.05) is 22.0 Å². The van der Waals surface area contributed by atoms with Crippen LogP contribution < -0.4 is 5.32 Å². The fourth-order valence-electron chi connectivity index (χ4n) is 1.77. The first-order valence-corrected chi connectivity index (χ1v) is 6.51. The summed E-state index contributed by atoms with van der Waals surface area (Å²) in [5, 5.41) is 3.37. The first kappa shape index (κ1) is 13.2. The molecule has 0 saturated heterocycles. The molecule has 0 aliphatic carbocycles. The van der Waals surface area contributed by atoms with Crippen LogP contribution in [0.2, 0.25) is 0 Å². The van der Waals surface area contributed by atoms with Crippen LogP contribution >= 0.6 is 15.9 Å². The Morgan fingerprint density at radius 1 is 1.50 bits per heavy atom. The molecule has 0 bridgehead atoms. The summed E-state index contributed by atoms with van der Waals surface area (Å²) in [7, 11) is 1.96. The third kappa shape index (κ3) is 2.97. The van der Waals surface area contributed by atoms with Crippen molar-refractivity contribution in [2.75, 3.05) is 0 Å². The van der Waals surface area contributed by atoms with Gasteiger partial charge in [-0.05, 0) is 24.6 Å². The summed E-state index contributed by atoms with van der Waals surface area (Å²) in [4.78, 5) is 4.25. The van der Waals surface area contributed by atoms with E-state index in [0.29, 0.717) is 6.54 Å². The third-order valence-corrected chi connectivity index (χ3v) is 3.60. The van der Waals surface area contributed by atoms with Crippen LogP contribution in [0.1, 0.15) is 24.4 Å². The minimum Gasteiger partial charge on any atom is -0.337 e. The minimum absolute atomic E-state index is 0.122. The molecule has 1 aromatic heterocycles. The molecule has 1 aromatic carbocycles. The van der Waals surface area contributed by atoms with E-state index in [1.165, 1.54) is 12.1 Å². The summed E-state index contributed by atoms with van der Waals surface area (Å²) in [6, 6.07) is 4.86. The van der Waals surface area contributed by atoms with E-state index in [2.05, 4.69) is 26.2 Å². The maximum absolute atomic E-state index is 13.0. The Morgan fingerprint density at radius 2 is 2.28 bits per heavy atom. The van der Waals surface area contributed by atoms with Crippen LogP contribution in [0.3, 0.4) is 0 Å². The highest BCUT2D eigenvalue weighted by molar-refractivity contribution is 9.10. The lowest BCUT2D eigenvalue weighted by Crippen LogP contribution is -2.20. The first-order valence-electron chi connectivity index (χ1n) is 5.72. The second kappa shape index (κ2) is 5.63. The minimum atomic E-state index is -0.234. The predicted molar refractivity (Wildman–Crippen MR) is 72.6 cm³/mol. The highest BCUT2D eigenvalue weighted by atomic mass is 79.9. The number of halogens is 2. The van der Waals surface area contributed by atoms with E-state index in [4.69, 9.17) is 0 Å². The number of aryl methyl sites for hydroxylation is 1. The molecular formula is C13H15BrFN3. The quantitative estimate of drug-likeness (QED) is 0.940. The van der Waals surface area contributed by atoms with Gasteiger partial charge < -0.3 is 9.88 Å². The average Bonchev–Trinajstić information content (AvgIpc) is 2.72. The molecule has 3 nitrogen and oxygen atoms in total. The van der Waals surface area contributed by atoms with Gasteiger partial charge in [0, 0.05) is 30.0 Å². The molecule has 0 saturated carbocycles. The molecule has 1 N–H and O–H groups in total. The van der Waals surface area contributed by atoms with Gasteiger partial charge in [-0.15, -0.1) is 0 Å². The van der Waals surface area contributed by atoms with Crippen LogP contribution in [0.25, 0.3) is 0 Å². The van der Waals surface area contributed by atoms with E-state index in [0.717, 1.165) is 15.9 Å². The number of hydrogen-bond acceptors (Lipinski definition) is 2. The smallest absolute Gasteiger partial charge is 0.124 e. The fourth-order valence-corrected chi connectivity index (χ4v) is 2.47. The molecule has 1 unspecified atom stereocenters. The van der Waals surface area contributed by atoms with Crippen molar-refractivity contribution in [2.24, 2.45) is 7.05 Å². The third-order valence-electron chi connectivity index (χ3n) is 2.92. The van der Waals surface area contributed by atoms with Gasteiger partial charge in [-0.3, -0.25) is 0 Å². The standard InChI is InChI=1S/C13H15BrFN3/c1-9(11-4-3-10(15)7-12(11)14)17-8-13-16-5-6-18(13)2/h3-7,9,17H,8H2,1-2H3.